The summed E-state index contributed by atoms with van der Waals surface area (Å²) in [5.74, 6) is 0.865. The molecule has 1 unspecified atom stereocenters. The molecular formula is C13H19NO2. The molecule has 16 heavy (non-hydrogen) atoms. The largest absolute Gasteiger partial charge is 0.489 e. The second kappa shape index (κ2) is 5.21. The highest BCUT2D eigenvalue weighted by atomic mass is 16.5. The molecule has 0 radical (unpaired) electrons. The molecule has 1 aliphatic rings. The number of hydrogen-bond donors (Lipinski definition) is 2. The molecule has 0 aromatic heterocycles. The van der Waals surface area contributed by atoms with Gasteiger partial charge in [0.15, 0.2) is 0 Å². The maximum atomic E-state index is 9.48. The quantitative estimate of drug-likeness (QED) is 0.819. The number of ether oxygens (including phenoxy) is 1. The lowest BCUT2D eigenvalue weighted by Gasteiger charge is -2.21. The van der Waals surface area contributed by atoms with Crippen molar-refractivity contribution >= 4 is 5.69 Å². The summed E-state index contributed by atoms with van der Waals surface area (Å²) in [4.78, 5) is 0. The molecule has 3 nitrogen and oxygen atoms in total. The SMILES string of the molecule is CCC(O)COc1cccc2c1NCCC2. The van der Waals surface area contributed by atoms with Crippen LogP contribution in [0.4, 0.5) is 5.69 Å². The third kappa shape index (κ3) is 2.47. The number of hydrogen-bond acceptors (Lipinski definition) is 3. The normalized spacial score (nSPS) is 16.1. The fraction of sp³-hybridized carbons (Fsp3) is 0.538. The minimum absolute atomic E-state index is 0.370. The Hall–Kier alpha value is -1.22. The Balaban J connectivity index is 2.08. The Morgan fingerprint density at radius 3 is 3.19 bits per heavy atom. The van der Waals surface area contributed by atoms with E-state index in [9.17, 15) is 5.11 Å². The van der Waals surface area contributed by atoms with Crippen molar-refractivity contribution < 1.29 is 9.84 Å². The first-order chi connectivity index (χ1) is 7.81. The van der Waals surface area contributed by atoms with E-state index in [2.05, 4.69) is 11.4 Å². The summed E-state index contributed by atoms with van der Waals surface area (Å²) in [5.41, 5.74) is 2.42. The van der Waals surface area contributed by atoms with Crippen molar-refractivity contribution in [2.24, 2.45) is 0 Å². The van der Waals surface area contributed by atoms with Gasteiger partial charge in [0.1, 0.15) is 12.4 Å². The molecule has 1 aromatic rings. The van der Waals surface area contributed by atoms with Crippen molar-refractivity contribution in [2.75, 3.05) is 18.5 Å². The Labute approximate surface area is 96.4 Å². The number of anilines is 1. The monoisotopic (exact) mass is 221 g/mol. The Morgan fingerprint density at radius 1 is 1.50 bits per heavy atom. The molecule has 0 spiro atoms. The molecule has 0 saturated heterocycles. The molecule has 88 valence electrons. The van der Waals surface area contributed by atoms with Gasteiger partial charge in [-0.25, -0.2) is 0 Å². The standard InChI is InChI=1S/C13H19NO2/c1-2-11(15)9-16-12-7-3-5-10-6-4-8-14-13(10)12/h3,5,7,11,14-15H,2,4,6,8-9H2,1H3. The third-order valence-corrected chi connectivity index (χ3v) is 2.94. The van der Waals surface area contributed by atoms with Crippen LogP contribution in [0.15, 0.2) is 18.2 Å². The first kappa shape index (κ1) is 11.3. The van der Waals surface area contributed by atoms with Crippen LogP contribution in [0.1, 0.15) is 25.3 Å². The van der Waals surface area contributed by atoms with Crippen molar-refractivity contribution in [1.82, 2.24) is 0 Å². The summed E-state index contributed by atoms with van der Waals surface area (Å²) in [7, 11) is 0. The molecule has 1 aliphatic heterocycles. The summed E-state index contributed by atoms with van der Waals surface area (Å²) < 4.78 is 5.64. The number of benzene rings is 1. The maximum absolute atomic E-state index is 9.48. The van der Waals surface area contributed by atoms with Crippen LogP contribution in [0.25, 0.3) is 0 Å². The molecular weight excluding hydrogens is 202 g/mol. The number of aryl methyl sites for hydroxylation is 1. The van der Waals surface area contributed by atoms with Crippen molar-refractivity contribution in [3.8, 4) is 5.75 Å². The van der Waals surface area contributed by atoms with E-state index in [1.807, 2.05) is 19.1 Å². The van der Waals surface area contributed by atoms with E-state index in [1.54, 1.807) is 0 Å². The fourth-order valence-electron chi connectivity index (χ4n) is 1.90. The van der Waals surface area contributed by atoms with Crippen LogP contribution in [0.5, 0.6) is 5.75 Å². The number of aliphatic hydroxyl groups is 1. The average Bonchev–Trinajstić information content (AvgIpc) is 2.35. The third-order valence-electron chi connectivity index (χ3n) is 2.94. The van der Waals surface area contributed by atoms with Crippen molar-refractivity contribution in [2.45, 2.75) is 32.3 Å². The minimum Gasteiger partial charge on any atom is -0.489 e. The molecule has 0 amide bonds. The molecule has 1 atom stereocenters. The first-order valence-electron chi connectivity index (χ1n) is 5.98. The molecule has 1 heterocycles. The average molecular weight is 221 g/mol. The molecule has 1 aromatic carbocycles. The van der Waals surface area contributed by atoms with Gasteiger partial charge in [0.05, 0.1) is 11.8 Å². The fourth-order valence-corrected chi connectivity index (χ4v) is 1.90. The van der Waals surface area contributed by atoms with Gasteiger partial charge < -0.3 is 15.2 Å². The van der Waals surface area contributed by atoms with Crippen LogP contribution < -0.4 is 10.1 Å². The Morgan fingerprint density at radius 2 is 2.38 bits per heavy atom. The van der Waals surface area contributed by atoms with E-state index in [0.29, 0.717) is 6.61 Å². The van der Waals surface area contributed by atoms with Gasteiger partial charge in [-0.05, 0) is 30.9 Å². The summed E-state index contributed by atoms with van der Waals surface area (Å²) >= 11 is 0. The van der Waals surface area contributed by atoms with Gasteiger partial charge in [-0.2, -0.15) is 0 Å². The zero-order valence-electron chi connectivity index (χ0n) is 9.70. The van der Waals surface area contributed by atoms with Crippen LogP contribution in [0, 0.1) is 0 Å². The molecule has 3 heteroatoms. The van der Waals surface area contributed by atoms with E-state index in [1.165, 1.54) is 12.0 Å². The zero-order valence-corrected chi connectivity index (χ0v) is 9.70. The smallest absolute Gasteiger partial charge is 0.142 e. The van der Waals surface area contributed by atoms with Crippen LogP contribution in [0.2, 0.25) is 0 Å². The maximum Gasteiger partial charge on any atom is 0.142 e. The summed E-state index contributed by atoms with van der Waals surface area (Å²) in [6.45, 7) is 3.32. The first-order valence-corrected chi connectivity index (χ1v) is 5.98. The van der Waals surface area contributed by atoms with Crippen molar-refractivity contribution in [1.29, 1.82) is 0 Å². The topological polar surface area (TPSA) is 41.5 Å². The second-order valence-corrected chi connectivity index (χ2v) is 4.19. The number of para-hydroxylation sites is 1. The molecule has 2 N–H and O–H groups in total. The van der Waals surface area contributed by atoms with Gasteiger partial charge >= 0.3 is 0 Å². The van der Waals surface area contributed by atoms with Crippen LogP contribution in [-0.2, 0) is 6.42 Å². The van der Waals surface area contributed by atoms with E-state index in [4.69, 9.17) is 4.74 Å². The summed E-state index contributed by atoms with van der Waals surface area (Å²) in [5, 5.41) is 12.8. The predicted molar refractivity (Wildman–Crippen MR) is 65.0 cm³/mol. The van der Waals surface area contributed by atoms with Crippen LogP contribution in [-0.4, -0.2) is 24.4 Å². The van der Waals surface area contributed by atoms with E-state index in [-0.39, 0.29) is 6.10 Å². The van der Waals surface area contributed by atoms with Crippen LogP contribution >= 0.6 is 0 Å². The number of rotatable bonds is 4. The number of fused-ring (bicyclic) bond motifs is 1. The lowest BCUT2D eigenvalue weighted by Crippen LogP contribution is -2.18. The van der Waals surface area contributed by atoms with E-state index in [0.717, 1.165) is 30.8 Å². The highest BCUT2D eigenvalue weighted by Crippen LogP contribution is 2.31. The molecule has 0 fully saturated rings. The Bertz CT molecular complexity index is 352. The summed E-state index contributed by atoms with van der Waals surface area (Å²) in [6, 6.07) is 6.10. The lowest BCUT2D eigenvalue weighted by atomic mass is 10.0. The van der Waals surface area contributed by atoms with Crippen molar-refractivity contribution in [3.63, 3.8) is 0 Å². The minimum atomic E-state index is -0.376. The predicted octanol–water partition coefficient (Wildman–Crippen LogP) is 2.19. The van der Waals surface area contributed by atoms with E-state index >= 15 is 0 Å². The van der Waals surface area contributed by atoms with Crippen LogP contribution in [0.3, 0.4) is 0 Å². The Kier molecular flexibility index (Phi) is 3.67. The molecule has 2 rings (SSSR count). The van der Waals surface area contributed by atoms with Gasteiger partial charge in [-0.1, -0.05) is 19.1 Å². The molecule has 0 saturated carbocycles. The number of aliphatic hydroxyl groups excluding tert-OH is 1. The van der Waals surface area contributed by atoms with Gasteiger partial charge in [0.25, 0.3) is 0 Å². The van der Waals surface area contributed by atoms with Gasteiger partial charge in [-0.15, -0.1) is 0 Å². The highest BCUT2D eigenvalue weighted by molar-refractivity contribution is 5.63. The van der Waals surface area contributed by atoms with Gasteiger partial charge in [0.2, 0.25) is 0 Å². The van der Waals surface area contributed by atoms with Gasteiger partial charge in [-0.3, -0.25) is 0 Å². The molecule has 0 aliphatic carbocycles. The molecule has 0 bridgehead atoms. The second-order valence-electron chi connectivity index (χ2n) is 4.19. The van der Waals surface area contributed by atoms with E-state index < -0.39 is 0 Å². The lowest BCUT2D eigenvalue weighted by molar-refractivity contribution is 0.104. The summed E-state index contributed by atoms with van der Waals surface area (Å²) in [6.07, 6.45) is 2.63. The van der Waals surface area contributed by atoms with Gasteiger partial charge in [0, 0.05) is 6.54 Å². The van der Waals surface area contributed by atoms with Crippen molar-refractivity contribution in [3.05, 3.63) is 23.8 Å². The zero-order chi connectivity index (χ0) is 11.4. The number of nitrogens with one attached hydrogen (secondary N) is 1. The highest BCUT2D eigenvalue weighted by Gasteiger charge is 2.13.